The summed E-state index contributed by atoms with van der Waals surface area (Å²) in [6, 6.07) is 11.4. The number of pyridine rings is 1. The zero-order chi connectivity index (χ0) is 17.6. The first kappa shape index (κ1) is 16.8. The van der Waals surface area contributed by atoms with Gasteiger partial charge < -0.3 is 15.7 Å². The van der Waals surface area contributed by atoms with Crippen molar-refractivity contribution in [3.05, 3.63) is 60.7 Å². The van der Waals surface area contributed by atoms with Gasteiger partial charge in [-0.2, -0.15) is 4.98 Å². The maximum atomic E-state index is 13.4. The number of nitrogens with zero attached hydrogens (tertiary/aromatic N) is 3. The van der Waals surface area contributed by atoms with Crippen LogP contribution in [0, 0.1) is 5.82 Å². The molecular formula is C18H18FN5O. The smallest absolute Gasteiger partial charge is 0.225 e. The van der Waals surface area contributed by atoms with E-state index in [2.05, 4.69) is 25.6 Å². The van der Waals surface area contributed by atoms with Crippen molar-refractivity contribution in [2.24, 2.45) is 0 Å². The van der Waals surface area contributed by atoms with E-state index in [1.54, 1.807) is 30.6 Å². The molecule has 1 atom stereocenters. The predicted molar refractivity (Wildman–Crippen MR) is 95.1 cm³/mol. The van der Waals surface area contributed by atoms with Crippen molar-refractivity contribution in [3.63, 3.8) is 0 Å². The quantitative estimate of drug-likeness (QED) is 0.640. The van der Waals surface area contributed by atoms with Gasteiger partial charge in [0.05, 0.1) is 12.3 Å². The fraction of sp³-hybridized carbons (Fsp3) is 0.167. The van der Waals surface area contributed by atoms with Gasteiger partial charge in [-0.1, -0.05) is 6.07 Å². The zero-order valence-electron chi connectivity index (χ0n) is 13.6. The first-order chi connectivity index (χ1) is 12.1. The summed E-state index contributed by atoms with van der Waals surface area (Å²) in [5, 5.41) is 15.3. The van der Waals surface area contributed by atoms with Crippen LogP contribution in [0.1, 0.15) is 6.92 Å². The van der Waals surface area contributed by atoms with Gasteiger partial charge in [-0.3, -0.25) is 4.98 Å². The Morgan fingerprint density at radius 1 is 1.16 bits per heavy atom. The highest BCUT2D eigenvalue weighted by molar-refractivity contribution is 5.66. The standard InChI is InChI=1S/C18H18FN5O/c1-12(11-25)21-18-23-16(13-4-3-7-20-10-13)9-17(24-18)22-15-6-2-5-14(19)8-15/h2-10,12,25H,11H2,1H3,(H2,21,22,23,24)/t12-/m0/s1. The van der Waals surface area contributed by atoms with Gasteiger partial charge in [0.1, 0.15) is 11.6 Å². The number of aromatic nitrogens is 3. The van der Waals surface area contributed by atoms with Crippen molar-refractivity contribution in [1.82, 2.24) is 15.0 Å². The van der Waals surface area contributed by atoms with Crippen LogP contribution in [0.4, 0.5) is 21.8 Å². The maximum absolute atomic E-state index is 13.4. The third-order valence-corrected chi connectivity index (χ3v) is 3.43. The highest BCUT2D eigenvalue weighted by atomic mass is 19.1. The van der Waals surface area contributed by atoms with Crippen LogP contribution < -0.4 is 10.6 Å². The van der Waals surface area contributed by atoms with Crippen molar-refractivity contribution in [2.75, 3.05) is 17.2 Å². The molecule has 6 nitrogen and oxygen atoms in total. The number of hydrogen-bond donors (Lipinski definition) is 3. The fourth-order valence-corrected chi connectivity index (χ4v) is 2.22. The van der Waals surface area contributed by atoms with E-state index < -0.39 is 0 Å². The number of aliphatic hydroxyl groups excluding tert-OH is 1. The monoisotopic (exact) mass is 339 g/mol. The summed E-state index contributed by atoms with van der Waals surface area (Å²) in [6.07, 6.45) is 3.39. The number of benzene rings is 1. The van der Waals surface area contributed by atoms with Gasteiger partial charge in [0.2, 0.25) is 5.95 Å². The number of nitrogens with one attached hydrogen (secondary N) is 2. The van der Waals surface area contributed by atoms with Gasteiger partial charge in [0.25, 0.3) is 0 Å². The Balaban J connectivity index is 1.97. The summed E-state index contributed by atoms with van der Waals surface area (Å²) in [4.78, 5) is 13.0. The van der Waals surface area contributed by atoms with Gasteiger partial charge in [-0.25, -0.2) is 9.37 Å². The van der Waals surface area contributed by atoms with Crippen LogP contribution in [0.25, 0.3) is 11.3 Å². The first-order valence-corrected chi connectivity index (χ1v) is 7.83. The molecular weight excluding hydrogens is 321 g/mol. The van der Waals surface area contributed by atoms with Crippen LogP contribution >= 0.6 is 0 Å². The Morgan fingerprint density at radius 2 is 2.04 bits per heavy atom. The molecule has 0 spiro atoms. The Labute approximate surface area is 144 Å². The number of aliphatic hydroxyl groups is 1. The molecule has 0 bridgehead atoms. The molecule has 1 aromatic carbocycles. The van der Waals surface area contributed by atoms with Crippen molar-refractivity contribution < 1.29 is 9.50 Å². The molecule has 0 fully saturated rings. The third-order valence-electron chi connectivity index (χ3n) is 3.43. The van der Waals surface area contributed by atoms with E-state index in [9.17, 15) is 9.50 Å². The molecule has 3 rings (SSSR count). The minimum atomic E-state index is -0.334. The van der Waals surface area contributed by atoms with E-state index >= 15 is 0 Å². The molecule has 0 saturated carbocycles. The van der Waals surface area contributed by atoms with E-state index in [0.29, 0.717) is 23.1 Å². The summed E-state index contributed by atoms with van der Waals surface area (Å²) >= 11 is 0. The summed E-state index contributed by atoms with van der Waals surface area (Å²) in [7, 11) is 0. The summed E-state index contributed by atoms with van der Waals surface area (Å²) < 4.78 is 13.4. The predicted octanol–water partition coefficient (Wildman–Crippen LogP) is 3.21. The molecule has 7 heteroatoms. The number of anilines is 3. The maximum Gasteiger partial charge on any atom is 0.225 e. The van der Waals surface area contributed by atoms with Gasteiger partial charge in [0, 0.05) is 35.8 Å². The summed E-state index contributed by atoms with van der Waals surface area (Å²) in [6.45, 7) is 1.77. The van der Waals surface area contributed by atoms with Crippen LogP contribution in [0.2, 0.25) is 0 Å². The third kappa shape index (κ3) is 4.48. The van der Waals surface area contributed by atoms with Crippen LogP contribution in [0.3, 0.4) is 0 Å². The Bertz CT molecular complexity index is 844. The average Bonchev–Trinajstić information content (AvgIpc) is 2.62. The van der Waals surface area contributed by atoms with Gasteiger partial charge >= 0.3 is 0 Å². The van der Waals surface area contributed by atoms with Gasteiger partial charge in [-0.15, -0.1) is 0 Å². The topological polar surface area (TPSA) is 83.0 Å². The summed E-state index contributed by atoms with van der Waals surface area (Å²) in [5.41, 5.74) is 2.07. The van der Waals surface area contributed by atoms with Crippen LogP contribution in [-0.4, -0.2) is 32.7 Å². The lowest BCUT2D eigenvalue weighted by Crippen LogP contribution is -2.21. The van der Waals surface area contributed by atoms with E-state index in [4.69, 9.17) is 0 Å². The zero-order valence-corrected chi connectivity index (χ0v) is 13.6. The molecule has 0 unspecified atom stereocenters. The van der Waals surface area contributed by atoms with Gasteiger partial charge in [-0.05, 0) is 37.3 Å². The molecule has 0 aliphatic heterocycles. The highest BCUT2D eigenvalue weighted by Crippen LogP contribution is 2.23. The fourth-order valence-electron chi connectivity index (χ4n) is 2.22. The molecule has 2 aromatic heterocycles. The van der Waals surface area contributed by atoms with Crippen molar-refractivity contribution in [2.45, 2.75) is 13.0 Å². The molecule has 0 radical (unpaired) electrons. The molecule has 3 N–H and O–H groups in total. The SMILES string of the molecule is C[C@@H](CO)Nc1nc(Nc2cccc(F)c2)cc(-c2cccnc2)n1. The molecule has 25 heavy (non-hydrogen) atoms. The van der Waals surface area contributed by atoms with Crippen LogP contribution in [-0.2, 0) is 0 Å². The number of halogens is 1. The average molecular weight is 339 g/mol. The highest BCUT2D eigenvalue weighted by Gasteiger charge is 2.10. The van der Waals surface area contributed by atoms with Crippen LogP contribution in [0.15, 0.2) is 54.9 Å². The lowest BCUT2D eigenvalue weighted by Gasteiger charge is -2.14. The first-order valence-electron chi connectivity index (χ1n) is 7.83. The van der Waals surface area contributed by atoms with Crippen molar-refractivity contribution >= 4 is 17.5 Å². The second-order valence-corrected chi connectivity index (χ2v) is 5.57. The minimum Gasteiger partial charge on any atom is -0.394 e. The second-order valence-electron chi connectivity index (χ2n) is 5.57. The Hall–Kier alpha value is -3.06. The number of rotatable bonds is 6. The second kappa shape index (κ2) is 7.67. The van der Waals surface area contributed by atoms with E-state index in [0.717, 1.165) is 5.56 Å². The lowest BCUT2D eigenvalue weighted by molar-refractivity contribution is 0.281. The van der Waals surface area contributed by atoms with E-state index in [1.165, 1.54) is 12.1 Å². The van der Waals surface area contributed by atoms with E-state index in [1.807, 2.05) is 19.1 Å². The summed E-state index contributed by atoms with van der Waals surface area (Å²) in [5.74, 6) is 0.535. The Morgan fingerprint density at radius 3 is 2.76 bits per heavy atom. The molecule has 0 amide bonds. The van der Waals surface area contributed by atoms with Gasteiger partial charge in [0.15, 0.2) is 0 Å². The van der Waals surface area contributed by atoms with Crippen molar-refractivity contribution in [3.8, 4) is 11.3 Å². The molecule has 128 valence electrons. The van der Waals surface area contributed by atoms with Crippen molar-refractivity contribution in [1.29, 1.82) is 0 Å². The largest absolute Gasteiger partial charge is 0.394 e. The molecule has 0 aliphatic carbocycles. The normalized spacial score (nSPS) is 11.8. The van der Waals surface area contributed by atoms with Crippen LogP contribution in [0.5, 0.6) is 0 Å². The Kier molecular flexibility index (Phi) is 5.15. The molecule has 0 saturated heterocycles. The minimum absolute atomic E-state index is 0.0485. The molecule has 3 aromatic rings. The lowest BCUT2D eigenvalue weighted by atomic mass is 10.2. The number of hydrogen-bond acceptors (Lipinski definition) is 6. The molecule has 0 aliphatic rings. The molecule has 2 heterocycles. The van der Waals surface area contributed by atoms with E-state index in [-0.39, 0.29) is 18.5 Å².